The van der Waals surface area contributed by atoms with Crippen molar-refractivity contribution in [1.29, 1.82) is 0 Å². The van der Waals surface area contributed by atoms with Crippen molar-refractivity contribution in [3.63, 3.8) is 0 Å². The second-order valence-corrected chi connectivity index (χ2v) is 8.22. The molecule has 0 aliphatic carbocycles. The van der Waals surface area contributed by atoms with Gasteiger partial charge in [0.1, 0.15) is 11.5 Å². The van der Waals surface area contributed by atoms with E-state index in [9.17, 15) is 18.0 Å². The van der Waals surface area contributed by atoms with Gasteiger partial charge in [-0.15, -0.1) is 0 Å². The van der Waals surface area contributed by atoms with E-state index < -0.39 is 12.1 Å². The van der Waals surface area contributed by atoms with E-state index in [0.29, 0.717) is 12.2 Å². The van der Waals surface area contributed by atoms with Gasteiger partial charge in [0.2, 0.25) is 0 Å². The zero-order valence-electron chi connectivity index (χ0n) is 19.9. The van der Waals surface area contributed by atoms with E-state index in [2.05, 4.69) is 26.9 Å². The van der Waals surface area contributed by atoms with Gasteiger partial charge < -0.3 is 19.8 Å². The van der Waals surface area contributed by atoms with Gasteiger partial charge in [-0.3, -0.25) is 4.79 Å². The molecule has 0 atom stereocenters. The van der Waals surface area contributed by atoms with Crippen molar-refractivity contribution >= 4 is 17.7 Å². The summed E-state index contributed by atoms with van der Waals surface area (Å²) in [5.74, 6) is -1.99. The van der Waals surface area contributed by atoms with Crippen LogP contribution in [-0.2, 0) is 11.3 Å². The van der Waals surface area contributed by atoms with E-state index in [1.807, 2.05) is 59.4 Å². The van der Waals surface area contributed by atoms with Crippen LogP contribution in [0.15, 0.2) is 60.8 Å². The lowest BCUT2D eigenvalue weighted by Crippen LogP contribution is -2.45. The van der Waals surface area contributed by atoms with Crippen molar-refractivity contribution in [2.75, 3.05) is 45.2 Å². The number of pyridine rings is 1. The van der Waals surface area contributed by atoms with E-state index in [1.54, 1.807) is 18.0 Å². The first-order chi connectivity index (χ1) is 17.0. The number of benzene rings is 1. The van der Waals surface area contributed by atoms with Gasteiger partial charge in [-0.1, -0.05) is 24.3 Å². The lowest BCUT2D eigenvalue weighted by Gasteiger charge is -2.33. The van der Waals surface area contributed by atoms with Crippen molar-refractivity contribution in [2.24, 2.45) is 0 Å². The summed E-state index contributed by atoms with van der Waals surface area (Å²) >= 11 is 0. The standard InChI is InChI=1S/C22H26N6O.C2HF3O2/c1-25-13-15-27(16-14-25)21-10-6-9-20(23-21)22(29)26(2)17-18-11-12-28(24-18)19-7-4-3-5-8-19;3-2(4,5)1(6)7/h3-12H,13-17H2,1-2H3;(H,6,7). The van der Waals surface area contributed by atoms with Crippen LogP contribution in [0.25, 0.3) is 5.69 Å². The van der Waals surface area contributed by atoms with Gasteiger partial charge in [-0.05, 0) is 37.4 Å². The van der Waals surface area contributed by atoms with Gasteiger partial charge >= 0.3 is 12.1 Å². The lowest BCUT2D eigenvalue weighted by molar-refractivity contribution is -0.192. The Morgan fingerprint density at radius 1 is 1.00 bits per heavy atom. The van der Waals surface area contributed by atoms with Crippen molar-refractivity contribution in [2.45, 2.75) is 12.7 Å². The highest BCUT2D eigenvalue weighted by atomic mass is 19.4. The highest BCUT2D eigenvalue weighted by Crippen LogP contribution is 2.16. The third kappa shape index (κ3) is 7.28. The molecule has 3 aromatic rings. The molecule has 1 aromatic carbocycles. The molecule has 3 heterocycles. The molecule has 1 amide bonds. The van der Waals surface area contributed by atoms with E-state index in [0.717, 1.165) is 43.4 Å². The van der Waals surface area contributed by atoms with Crippen LogP contribution in [-0.4, -0.2) is 88.0 Å². The second kappa shape index (κ2) is 11.7. The van der Waals surface area contributed by atoms with Crippen molar-refractivity contribution in [3.05, 3.63) is 72.2 Å². The number of piperazine rings is 1. The number of amides is 1. The number of halogens is 3. The van der Waals surface area contributed by atoms with Gasteiger partial charge in [-0.25, -0.2) is 14.5 Å². The minimum absolute atomic E-state index is 0.102. The fourth-order valence-corrected chi connectivity index (χ4v) is 3.43. The van der Waals surface area contributed by atoms with E-state index in [-0.39, 0.29) is 5.91 Å². The summed E-state index contributed by atoms with van der Waals surface area (Å²) in [6.45, 7) is 4.29. The molecular weight excluding hydrogens is 477 g/mol. The second-order valence-electron chi connectivity index (χ2n) is 8.22. The van der Waals surface area contributed by atoms with Crippen molar-refractivity contribution in [3.8, 4) is 5.69 Å². The van der Waals surface area contributed by atoms with Crippen LogP contribution in [0.1, 0.15) is 16.2 Å². The molecule has 4 rings (SSSR count). The average molecular weight is 505 g/mol. The molecule has 1 N–H and O–H groups in total. The molecule has 36 heavy (non-hydrogen) atoms. The molecule has 9 nitrogen and oxygen atoms in total. The Kier molecular flexibility index (Phi) is 8.64. The maximum absolute atomic E-state index is 12.9. The number of likely N-dealkylation sites (N-methyl/N-ethyl adjacent to an activating group) is 1. The van der Waals surface area contributed by atoms with E-state index in [4.69, 9.17) is 9.90 Å². The Morgan fingerprint density at radius 2 is 1.64 bits per heavy atom. The maximum Gasteiger partial charge on any atom is 0.490 e. The molecule has 12 heteroatoms. The molecule has 1 aliphatic heterocycles. The number of aliphatic carboxylic acids is 1. The van der Waals surface area contributed by atoms with Gasteiger partial charge in [0.05, 0.1) is 17.9 Å². The number of carboxylic acids is 1. The molecule has 0 saturated carbocycles. The van der Waals surface area contributed by atoms with Crippen LogP contribution in [0.5, 0.6) is 0 Å². The van der Waals surface area contributed by atoms with Gasteiger partial charge in [0.25, 0.3) is 5.91 Å². The Bertz CT molecular complexity index is 1160. The van der Waals surface area contributed by atoms with Crippen LogP contribution >= 0.6 is 0 Å². The molecule has 2 aromatic heterocycles. The zero-order valence-corrected chi connectivity index (χ0v) is 19.9. The number of nitrogens with zero attached hydrogens (tertiary/aromatic N) is 6. The minimum atomic E-state index is -5.08. The Morgan fingerprint density at radius 3 is 2.25 bits per heavy atom. The smallest absolute Gasteiger partial charge is 0.475 e. The number of para-hydroxylation sites is 1. The number of hydrogen-bond donors (Lipinski definition) is 1. The van der Waals surface area contributed by atoms with Crippen LogP contribution in [0.3, 0.4) is 0 Å². The predicted octanol–water partition coefficient (Wildman–Crippen LogP) is 2.92. The molecule has 1 aliphatic rings. The van der Waals surface area contributed by atoms with Crippen LogP contribution in [0.2, 0.25) is 0 Å². The number of alkyl halides is 3. The zero-order chi connectivity index (χ0) is 26.3. The normalized spacial score (nSPS) is 14.1. The molecule has 0 radical (unpaired) electrons. The Hall–Kier alpha value is -3.93. The summed E-state index contributed by atoms with van der Waals surface area (Å²) in [6, 6.07) is 17.5. The molecular formula is C24H27F3N6O3. The third-order valence-corrected chi connectivity index (χ3v) is 5.43. The van der Waals surface area contributed by atoms with Gasteiger partial charge in [0, 0.05) is 39.4 Å². The minimum Gasteiger partial charge on any atom is -0.475 e. The number of carbonyl (C=O) groups is 2. The monoisotopic (exact) mass is 504 g/mol. The van der Waals surface area contributed by atoms with Crippen molar-refractivity contribution in [1.82, 2.24) is 24.6 Å². The summed E-state index contributed by atoms with van der Waals surface area (Å²) in [4.78, 5) is 32.6. The van der Waals surface area contributed by atoms with Crippen LogP contribution < -0.4 is 4.90 Å². The highest BCUT2D eigenvalue weighted by Gasteiger charge is 2.38. The summed E-state index contributed by atoms with van der Waals surface area (Å²) in [5, 5.41) is 11.7. The number of aromatic nitrogens is 3. The predicted molar refractivity (Wildman–Crippen MR) is 127 cm³/mol. The molecule has 0 spiro atoms. The summed E-state index contributed by atoms with van der Waals surface area (Å²) in [7, 11) is 3.91. The summed E-state index contributed by atoms with van der Waals surface area (Å²) in [5.41, 5.74) is 2.29. The lowest BCUT2D eigenvalue weighted by atomic mass is 10.2. The number of anilines is 1. The number of carboxylic acid groups (broad SMARTS) is 1. The van der Waals surface area contributed by atoms with Crippen LogP contribution in [0, 0.1) is 0 Å². The molecule has 1 fully saturated rings. The van der Waals surface area contributed by atoms with Gasteiger partial charge in [0.15, 0.2) is 0 Å². The Labute approximate surface area is 206 Å². The maximum atomic E-state index is 12.9. The third-order valence-electron chi connectivity index (χ3n) is 5.43. The summed E-state index contributed by atoms with van der Waals surface area (Å²) < 4.78 is 33.6. The fourth-order valence-electron chi connectivity index (χ4n) is 3.43. The first-order valence-electron chi connectivity index (χ1n) is 11.1. The first kappa shape index (κ1) is 26.7. The summed E-state index contributed by atoms with van der Waals surface area (Å²) in [6.07, 6.45) is -3.17. The quantitative estimate of drug-likeness (QED) is 0.571. The van der Waals surface area contributed by atoms with E-state index in [1.165, 1.54) is 0 Å². The van der Waals surface area contributed by atoms with Crippen LogP contribution in [0.4, 0.5) is 19.0 Å². The Balaban J connectivity index is 0.000000454. The average Bonchev–Trinajstić information content (AvgIpc) is 3.33. The highest BCUT2D eigenvalue weighted by molar-refractivity contribution is 5.92. The molecule has 0 unspecified atom stereocenters. The molecule has 1 saturated heterocycles. The van der Waals surface area contributed by atoms with E-state index >= 15 is 0 Å². The number of rotatable bonds is 5. The largest absolute Gasteiger partial charge is 0.490 e. The topological polar surface area (TPSA) is 94.8 Å². The number of carbonyl (C=O) groups excluding carboxylic acids is 1. The number of hydrogen-bond acceptors (Lipinski definition) is 6. The van der Waals surface area contributed by atoms with Crippen molar-refractivity contribution < 1.29 is 27.9 Å². The molecule has 0 bridgehead atoms. The first-order valence-corrected chi connectivity index (χ1v) is 11.1. The van der Waals surface area contributed by atoms with Gasteiger partial charge in [-0.2, -0.15) is 18.3 Å². The SMILES string of the molecule is CN1CCN(c2cccc(C(=O)N(C)Cc3ccn(-c4ccccc4)n3)n2)CC1.O=C(O)C(F)(F)F. The molecule has 192 valence electrons. The fraction of sp³-hybridized carbons (Fsp3) is 0.333.